The van der Waals surface area contributed by atoms with E-state index in [1.165, 1.54) is 11.8 Å². The fourth-order valence-electron chi connectivity index (χ4n) is 1.55. The van der Waals surface area contributed by atoms with E-state index in [4.69, 9.17) is 28.9 Å². The molecule has 0 aliphatic heterocycles. The maximum absolute atomic E-state index is 11.9. The molecule has 2 aromatic rings. The van der Waals surface area contributed by atoms with Crippen molar-refractivity contribution in [2.24, 2.45) is 0 Å². The highest BCUT2D eigenvalue weighted by atomic mass is 79.9. The summed E-state index contributed by atoms with van der Waals surface area (Å²) in [6, 6.07) is 10.5. The SMILES string of the molecule is Nc1ccc(SCC(=O)Nc2ccc(Br)cc2Cl)c(Cl)c1. The molecule has 0 spiro atoms. The molecule has 0 atom stereocenters. The molecule has 0 aromatic heterocycles. The third-order valence-electron chi connectivity index (χ3n) is 2.52. The molecule has 2 aromatic carbocycles. The van der Waals surface area contributed by atoms with Crippen molar-refractivity contribution in [2.45, 2.75) is 4.90 Å². The molecule has 2 rings (SSSR count). The molecule has 0 heterocycles. The van der Waals surface area contributed by atoms with Crippen LogP contribution in [0.3, 0.4) is 0 Å². The van der Waals surface area contributed by atoms with E-state index in [0.717, 1.165) is 9.37 Å². The monoisotopic (exact) mass is 404 g/mol. The van der Waals surface area contributed by atoms with Gasteiger partial charge in [0.15, 0.2) is 0 Å². The van der Waals surface area contributed by atoms with Crippen molar-refractivity contribution in [3.05, 3.63) is 50.9 Å². The molecule has 0 radical (unpaired) electrons. The average Bonchev–Trinajstić information content (AvgIpc) is 2.41. The molecule has 0 saturated carbocycles. The molecule has 7 heteroatoms. The van der Waals surface area contributed by atoms with Gasteiger partial charge in [0.2, 0.25) is 5.91 Å². The summed E-state index contributed by atoms with van der Waals surface area (Å²) in [4.78, 5) is 12.7. The minimum atomic E-state index is -0.155. The second-order valence-corrected chi connectivity index (χ2v) is 6.90. The van der Waals surface area contributed by atoms with Gasteiger partial charge in [0, 0.05) is 15.1 Å². The molecule has 0 saturated heterocycles. The van der Waals surface area contributed by atoms with E-state index in [9.17, 15) is 4.79 Å². The van der Waals surface area contributed by atoms with Gasteiger partial charge in [-0.15, -0.1) is 11.8 Å². The van der Waals surface area contributed by atoms with Crippen LogP contribution in [0.25, 0.3) is 0 Å². The van der Waals surface area contributed by atoms with Crippen LogP contribution in [0.2, 0.25) is 10.0 Å². The standard InChI is InChI=1S/C14H11BrCl2N2OS/c15-8-1-3-12(10(16)5-8)19-14(20)7-21-13-4-2-9(18)6-11(13)17/h1-6H,7,18H2,(H,19,20). The Labute approximate surface area is 145 Å². The van der Waals surface area contributed by atoms with E-state index < -0.39 is 0 Å². The van der Waals surface area contributed by atoms with Crippen molar-refractivity contribution in [3.63, 3.8) is 0 Å². The average molecular weight is 406 g/mol. The van der Waals surface area contributed by atoms with Crippen molar-refractivity contribution in [2.75, 3.05) is 16.8 Å². The molecule has 1 amide bonds. The number of carbonyl (C=O) groups excluding carboxylic acids is 1. The van der Waals surface area contributed by atoms with Gasteiger partial charge in [0.05, 0.1) is 21.5 Å². The summed E-state index contributed by atoms with van der Waals surface area (Å²) in [5, 5.41) is 3.77. The van der Waals surface area contributed by atoms with Gasteiger partial charge in [0.1, 0.15) is 0 Å². The first-order valence-electron chi connectivity index (χ1n) is 5.88. The lowest BCUT2D eigenvalue weighted by Crippen LogP contribution is -2.14. The summed E-state index contributed by atoms with van der Waals surface area (Å²) in [5.74, 6) is 0.0767. The van der Waals surface area contributed by atoms with E-state index >= 15 is 0 Å². The molecule has 0 fully saturated rings. The molecular weight excluding hydrogens is 395 g/mol. The van der Waals surface area contributed by atoms with Gasteiger partial charge < -0.3 is 11.1 Å². The summed E-state index contributed by atoms with van der Waals surface area (Å²) in [5.41, 5.74) is 6.79. The minimum absolute atomic E-state index is 0.155. The predicted octanol–water partition coefficient (Wildman–Crippen LogP) is 5.07. The van der Waals surface area contributed by atoms with Gasteiger partial charge in [-0.25, -0.2) is 0 Å². The zero-order chi connectivity index (χ0) is 15.4. The number of carbonyl (C=O) groups is 1. The smallest absolute Gasteiger partial charge is 0.234 e. The molecular formula is C14H11BrCl2N2OS. The quantitative estimate of drug-likeness (QED) is 0.551. The second-order valence-electron chi connectivity index (χ2n) is 4.15. The molecule has 3 N–H and O–H groups in total. The summed E-state index contributed by atoms with van der Waals surface area (Å²) >= 11 is 16.8. The lowest BCUT2D eigenvalue weighted by Gasteiger charge is -2.08. The van der Waals surface area contributed by atoms with E-state index in [-0.39, 0.29) is 11.7 Å². The zero-order valence-electron chi connectivity index (χ0n) is 10.7. The fourth-order valence-corrected chi connectivity index (χ4v) is 3.35. The number of hydrogen-bond acceptors (Lipinski definition) is 3. The first kappa shape index (κ1) is 16.5. The molecule has 3 nitrogen and oxygen atoms in total. The highest BCUT2D eigenvalue weighted by Gasteiger charge is 2.09. The van der Waals surface area contributed by atoms with Crippen LogP contribution < -0.4 is 11.1 Å². The highest BCUT2D eigenvalue weighted by Crippen LogP contribution is 2.29. The van der Waals surface area contributed by atoms with Gasteiger partial charge in [-0.2, -0.15) is 0 Å². The van der Waals surface area contributed by atoms with E-state index in [0.29, 0.717) is 21.4 Å². The van der Waals surface area contributed by atoms with Gasteiger partial charge in [-0.05, 0) is 36.4 Å². The van der Waals surface area contributed by atoms with Crippen molar-refractivity contribution >= 4 is 68.2 Å². The predicted molar refractivity (Wildman–Crippen MR) is 94.4 cm³/mol. The van der Waals surface area contributed by atoms with Crippen LogP contribution in [-0.4, -0.2) is 11.7 Å². The Hall–Kier alpha value is -0.880. The molecule has 0 aliphatic rings. The number of rotatable bonds is 4. The Morgan fingerprint density at radius 3 is 2.62 bits per heavy atom. The van der Waals surface area contributed by atoms with E-state index in [2.05, 4.69) is 21.2 Å². The van der Waals surface area contributed by atoms with Crippen molar-refractivity contribution in [1.29, 1.82) is 0 Å². The summed E-state index contributed by atoms with van der Waals surface area (Å²) in [6.07, 6.45) is 0. The van der Waals surface area contributed by atoms with Crippen LogP contribution in [0, 0.1) is 0 Å². The summed E-state index contributed by atoms with van der Waals surface area (Å²) in [7, 11) is 0. The summed E-state index contributed by atoms with van der Waals surface area (Å²) < 4.78 is 0.855. The first-order chi connectivity index (χ1) is 9.95. The maximum atomic E-state index is 11.9. The molecule has 0 bridgehead atoms. The number of nitrogen functional groups attached to an aromatic ring is 1. The number of hydrogen-bond donors (Lipinski definition) is 2. The minimum Gasteiger partial charge on any atom is -0.399 e. The van der Waals surface area contributed by atoms with Gasteiger partial charge in [-0.3, -0.25) is 4.79 Å². The largest absolute Gasteiger partial charge is 0.399 e. The van der Waals surface area contributed by atoms with E-state index in [1.54, 1.807) is 30.3 Å². The Bertz CT molecular complexity index is 682. The Balaban J connectivity index is 1.96. The summed E-state index contributed by atoms with van der Waals surface area (Å²) in [6.45, 7) is 0. The zero-order valence-corrected chi connectivity index (χ0v) is 14.6. The van der Waals surface area contributed by atoms with Crippen molar-refractivity contribution in [3.8, 4) is 0 Å². The fraction of sp³-hybridized carbons (Fsp3) is 0.0714. The number of halogens is 3. The van der Waals surface area contributed by atoms with Crippen LogP contribution >= 0.6 is 50.9 Å². The number of thioether (sulfide) groups is 1. The van der Waals surface area contributed by atoms with Gasteiger partial charge >= 0.3 is 0 Å². The topological polar surface area (TPSA) is 55.1 Å². The van der Waals surface area contributed by atoms with Crippen LogP contribution in [0.4, 0.5) is 11.4 Å². The highest BCUT2D eigenvalue weighted by molar-refractivity contribution is 9.10. The van der Waals surface area contributed by atoms with Crippen LogP contribution in [0.15, 0.2) is 45.8 Å². The maximum Gasteiger partial charge on any atom is 0.234 e. The van der Waals surface area contributed by atoms with Gasteiger partial charge in [-0.1, -0.05) is 39.1 Å². The number of anilines is 2. The van der Waals surface area contributed by atoms with Crippen LogP contribution in [-0.2, 0) is 4.79 Å². The molecule has 21 heavy (non-hydrogen) atoms. The normalized spacial score (nSPS) is 10.4. The third kappa shape index (κ3) is 4.81. The van der Waals surface area contributed by atoms with E-state index in [1.807, 2.05) is 6.07 Å². The first-order valence-corrected chi connectivity index (χ1v) is 8.42. The van der Waals surface area contributed by atoms with Crippen molar-refractivity contribution in [1.82, 2.24) is 0 Å². The lowest BCUT2D eigenvalue weighted by atomic mass is 10.3. The van der Waals surface area contributed by atoms with Gasteiger partial charge in [0.25, 0.3) is 0 Å². The van der Waals surface area contributed by atoms with Crippen LogP contribution in [0.1, 0.15) is 0 Å². The molecule has 0 aliphatic carbocycles. The number of amides is 1. The lowest BCUT2D eigenvalue weighted by molar-refractivity contribution is -0.113. The Kier molecular flexibility index (Phi) is 5.81. The van der Waals surface area contributed by atoms with Crippen LogP contribution in [0.5, 0.6) is 0 Å². The number of benzene rings is 2. The number of nitrogens with two attached hydrogens (primary N) is 1. The van der Waals surface area contributed by atoms with Crippen molar-refractivity contribution < 1.29 is 4.79 Å². The Morgan fingerprint density at radius 2 is 1.95 bits per heavy atom. The number of nitrogens with one attached hydrogen (secondary N) is 1. The molecule has 110 valence electrons. The third-order valence-corrected chi connectivity index (χ3v) is 4.82. The second kappa shape index (κ2) is 7.40. The molecule has 0 unspecified atom stereocenters. The Morgan fingerprint density at radius 1 is 1.19 bits per heavy atom.